The Morgan fingerprint density at radius 3 is 1.83 bits per heavy atom. The Morgan fingerprint density at radius 2 is 1.19 bits per heavy atom. The molecule has 0 saturated carbocycles. The van der Waals surface area contributed by atoms with Crippen LogP contribution in [0, 0.1) is 0 Å². The van der Waals surface area contributed by atoms with Gasteiger partial charge in [-0.15, -0.1) is 0 Å². The Balaban J connectivity index is 1.64. The summed E-state index contributed by atoms with van der Waals surface area (Å²) in [5.74, 6) is -1.29. The lowest BCUT2D eigenvalue weighted by molar-refractivity contribution is 0.0967. The Hall–Kier alpha value is -4.70. The zero-order valence-electron chi connectivity index (χ0n) is 19.6. The van der Waals surface area contributed by atoms with Crippen molar-refractivity contribution in [3.8, 4) is 22.3 Å². The SMILES string of the molecule is NC(=O)c1c(C(N)=O)c2c3c(cccc3c1Cc1ccccc1)-c1ccc(Cc3ccccc3)cc1-2. The van der Waals surface area contributed by atoms with E-state index in [1.54, 1.807) is 0 Å². The maximum Gasteiger partial charge on any atom is 0.250 e. The third kappa shape index (κ3) is 3.46. The minimum Gasteiger partial charge on any atom is -0.366 e. The fourth-order valence-corrected chi connectivity index (χ4v) is 5.58. The van der Waals surface area contributed by atoms with Crippen LogP contribution in [-0.2, 0) is 12.8 Å². The van der Waals surface area contributed by atoms with Gasteiger partial charge in [0.15, 0.2) is 0 Å². The first kappa shape index (κ1) is 21.8. The van der Waals surface area contributed by atoms with Crippen LogP contribution >= 0.6 is 0 Å². The van der Waals surface area contributed by atoms with Gasteiger partial charge in [-0.05, 0) is 62.6 Å². The molecule has 6 rings (SSSR count). The number of hydrogen-bond donors (Lipinski definition) is 2. The lowest BCUT2D eigenvalue weighted by Gasteiger charge is -2.18. The third-order valence-corrected chi connectivity index (χ3v) is 7.05. The molecule has 4 nitrogen and oxygen atoms in total. The molecule has 0 bridgehead atoms. The lowest BCUT2D eigenvalue weighted by atomic mass is 9.85. The van der Waals surface area contributed by atoms with Gasteiger partial charge in [-0.2, -0.15) is 0 Å². The highest BCUT2D eigenvalue weighted by Crippen LogP contribution is 2.51. The van der Waals surface area contributed by atoms with E-state index in [9.17, 15) is 9.59 Å². The van der Waals surface area contributed by atoms with Crippen LogP contribution in [0.3, 0.4) is 0 Å². The van der Waals surface area contributed by atoms with E-state index < -0.39 is 11.8 Å². The predicted molar refractivity (Wildman–Crippen MR) is 144 cm³/mol. The van der Waals surface area contributed by atoms with Crippen molar-refractivity contribution in [1.82, 2.24) is 0 Å². The summed E-state index contributed by atoms with van der Waals surface area (Å²) in [5, 5.41) is 1.88. The molecule has 0 radical (unpaired) electrons. The van der Waals surface area contributed by atoms with Crippen molar-refractivity contribution in [3.05, 3.63) is 130 Å². The van der Waals surface area contributed by atoms with E-state index in [2.05, 4.69) is 36.4 Å². The van der Waals surface area contributed by atoms with Gasteiger partial charge in [0.25, 0.3) is 0 Å². The Bertz CT molecular complexity index is 1670. The Morgan fingerprint density at radius 1 is 0.556 bits per heavy atom. The highest BCUT2D eigenvalue weighted by atomic mass is 16.2. The van der Waals surface area contributed by atoms with Crippen LogP contribution in [0.4, 0.5) is 0 Å². The van der Waals surface area contributed by atoms with Gasteiger partial charge >= 0.3 is 0 Å². The average Bonchev–Trinajstić information content (AvgIpc) is 3.21. The molecule has 0 heterocycles. The minimum atomic E-state index is -0.647. The average molecular weight is 469 g/mol. The highest BCUT2D eigenvalue weighted by molar-refractivity contribution is 6.25. The summed E-state index contributed by atoms with van der Waals surface area (Å²) in [7, 11) is 0. The van der Waals surface area contributed by atoms with E-state index in [4.69, 9.17) is 11.5 Å². The summed E-state index contributed by atoms with van der Waals surface area (Å²) in [6, 6.07) is 32.5. The lowest BCUT2D eigenvalue weighted by Crippen LogP contribution is -2.24. The standard InChI is InChI=1S/C32H24N2O2/c33-31(35)29-26(17-20-10-5-2-6-11-20)24-13-7-12-23-22-15-14-21(16-19-8-3-1-4-9-19)18-25(22)28(27(23)24)30(29)32(34)36/h1-15,18H,16-17H2,(H2,33,35)(H2,34,36). The minimum absolute atomic E-state index is 0.212. The molecule has 0 unspecified atom stereocenters. The van der Waals surface area contributed by atoms with E-state index in [1.807, 2.05) is 60.7 Å². The quantitative estimate of drug-likeness (QED) is 0.320. The van der Waals surface area contributed by atoms with Crippen molar-refractivity contribution in [2.24, 2.45) is 11.5 Å². The molecule has 0 atom stereocenters. The topological polar surface area (TPSA) is 86.2 Å². The van der Waals surface area contributed by atoms with Crippen molar-refractivity contribution >= 4 is 22.6 Å². The molecule has 5 aromatic carbocycles. The van der Waals surface area contributed by atoms with Crippen LogP contribution in [0.25, 0.3) is 33.0 Å². The molecule has 4 N–H and O–H groups in total. The van der Waals surface area contributed by atoms with Crippen molar-refractivity contribution in [2.45, 2.75) is 12.8 Å². The summed E-state index contributed by atoms with van der Waals surface area (Å²) in [6.07, 6.45) is 1.23. The van der Waals surface area contributed by atoms with E-state index in [1.165, 1.54) is 5.56 Å². The van der Waals surface area contributed by atoms with Crippen LogP contribution in [0.1, 0.15) is 43.0 Å². The van der Waals surface area contributed by atoms with E-state index in [-0.39, 0.29) is 11.1 Å². The molecule has 1 aliphatic rings. The molecule has 0 aliphatic heterocycles. The molecule has 0 spiro atoms. The number of rotatable bonds is 6. The predicted octanol–water partition coefficient (Wildman–Crippen LogP) is 5.87. The van der Waals surface area contributed by atoms with Crippen molar-refractivity contribution in [1.29, 1.82) is 0 Å². The van der Waals surface area contributed by atoms with Crippen LogP contribution in [0.5, 0.6) is 0 Å². The molecular formula is C32H24N2O2. The third-order valence-electron chi connectivity index (χ3n) is 7.05. The van der Waals surface area contributed by atoms with E-state index in [0.717, 1.165) is 50.6 Å². The molecule has 0 fully saturated rings. The molecule has 1 aliphatic carbocycles. The second-order valence-corrected chi connectivity index (χ2v) is 9.26. The number of fused-ring (bicyclic) bond motifs is 3. The molecular weight excluding hydrogens is 444 g/mol. The number of carbonyl (C=O) groups excluding carboxylic acids is 2. The summed E-state index contributed by atoms with van der Waals surface area (Å²) >= 11 is 0. The first-order valence-electron chi connectivity index (χ1n) is 12.0. The zero-order valence-corrected chi connectivity index (χ0v) is 19.6. The molecule has 0 saturated heterocycles. The fraction of sp³-hybridized carbons (Fsp3) is 0.0625. The zero-order chi connectivity index (χ0) is 24.8. The largest absolute Gasteiger partial charge is 0.366 e. The van der Waals surface area contributed by atoms with Gasteiger partial charge in [0.1, 0.15) is 0 Å². The Kier molecular flexibility index (Phi) is 5.15. The van der Waals surface area contributed by atoms with Gasteiger partial charge in [0.2, 0.25) is 11.8 Å². The van der Waals surface area contributed by atoms with Gasteiger partial charge in [-0.1, -0.05) is 97.1 Å². The van der Waals surface area contributed by atoms with E-state index in [0.29, 0.717) is 12.0 Å². The van der Waals surface area contributed by atoms with Gasteiger partial charge in [0.05, 0.1) is 11.1 Å². The van der Waals surface area contributed by atoms with Gasteiger partial charge in [0, 0.05) is 5.56 Å². The second-order valence-electron chi connectivity index (χ2n) is 9.26. The summed E-state index contributed by atoms with van der Waals surface area (Å²) < 4.78 is 0. The summed E-state index contributed by atoms with van der Waals surface area (Å²) in [6.45, 7) is 0. The van der Waals surface area contributed by atoms with Crippen LogP contribution in [0.15, 0.2) is 97.1 Å². The first-order chi connectivity index (χ1) is 17.5. The monoisotopic (exact) mass is 468 g/mol. The first-order valence-corrected chi connectivity index (χ1v) is 12.0. The molecule has 2 amide bonds. The number of benzene rings is 5. The molecule has 36 heavy (non-hydrogen) atoms. The van der Waals surface area contributed by atoms with Crippen LogP contribution in [-0.4, -0.2) is 11.8 Å². The maximum atomic E-state index is 13.0. The molecule has 4 heteroatoms. The van der Waals surface area contributed by atoms with Crippen LogP contribution in [0.2, 0.25) is 0 Å². The molecule has 0 aromatic heterocycles. The van der Waals surface area contributed by atoms with Crippen molar-refractivity contribution < 1.29 is 9.59 Å². The Labute approximate surface area is 209 Å². The van der Waals surface area contributed by atoms with Gasteiger partial charge in [-0.3, -0.25) is 9.59 Å². The number of hydrogen-bond acceptors (Lipinski definition) is 2. The maximum absolute atomic E-state index is 13.0. The van der Waals surface area contributed by atoms with Crippen LogP contribution < -0.4 is 11.5 Å². The molecule has 174 valence electrons. The number of amides is 2. The number of carbonyl (C=O) groups is 2. The smallest absolute Gasteiger partial charge is 0.250 e. The number of nitrogens with two attached hydrogens (primary N) is 2. The normalized spacial score (nSPS) is 11.4. The fourth-order valence-electron chi connectivity index (χ4n) is 5.58. The van der Waals surface area contributed by atoms with Gasteiger partial charge in [-0.25, -0.2) is 0 Å². The van der Waals surface area contributed by atoms with E-state index >= 15 is 0 Å². The highest BCUT2D eigenvalue weighted by Gasteiger charge is 2.32. The van der Waals surface area contributed by atoms with Gasteiger partial charge < -0.3 is 11.5 Å². The van der Waals surface area contributed by atoms with Crippen molar-refractivity contribution in [3.63, 3.8) is 0 Å². The summed E-state index contributed by atoms with van der Waals surface area (Å²) in [4.78, 5) is 25.9. The summed E-state index contributed by atoms with van der Waals surface area (Å²) in [5.41, 5.74) is 20.1. The second kappa shape index (κ2) is 8.51. The number of primary amides is 2. The van der Waals surface area contributed by atoms with Crippen molar-refractivity contribution in [2.75, 3.05) is 0 Å². The molecule has 5 aromatic rings.